The van der Waals surface area contributed by atoms with Crippen molar-refractivity contribution >= 4 is 0 Å². The van der Waals surface area contributed by atoms with Gasteiger partial charge < -0.3 is 26.2 Å². The minimum atomic E-state index is -2.38. The molecule has 0 aliphatic carbocycles. The molecule has 0 radical (unpaired) electrons. The second-order valence-electron chi connectivity index (χ2n) is 6.45. The molecule has 0 amide bonds. The summed E-state index contributed by atoms with van der Waals surface area (Å²) < 4.78 is 0. The fraction of sp³-hybridized carbons (Fsp3) is 0.889. The van der Waals surface area contributed by atoms with Gasteiger partial charge in [-0.3, -0.25) is 0 Å². The topological polar surface area (TPSA) is 107 Å². The maximum absolute atomic E-state index is 9.55. The van der Waals surface area contributed by atoms with E-state index < -0.39 is 18.1 Å². The number of aliphatic hydroxyl groups is 4. The Kier molecular flexibility index (Phi) is 13.7. The van der Waals surface area contributed by atoms with Gasteiger partial charge in [-0.25, -0.2) is 0 Å². The molecule has 23 heavy (non-hydrogen) atoms. The fourth-order valence-electron chi connectivity index (χ4n) is 2.51. The van der Waals surface area contributed by atoms with E-state index in [1.165, 1.54) is 57.8 Å². The van der Waals surface area contributed by atoms with Crippen molar-refractivity contribution < 1.29 is 20.4 Å². The van der Waals surface area contributed by atoms with Gasteiger partial charge in [-0.15, -0.1) is 0 Å². The van der Waals surface area contributed by atoms with Crippen LogP contribution in [0.1, 0.15) is 84.0 Å². The predicted molar refractivity (Wildman–Crippen MR) is 93.6 cm³/mol. The molecule has 0 saturated carbocycles. The number of allylic oxidation sites excluding steroid dienone is 1. The van der Waals surface area contributed by atoms with Crippen molar-refractivity contribution in [3.8, 4) is 0 Å². The first kappa shape index (κ1) is 22.5. The van der Waals surface area contributed by atoms with Crippen LogP contribution >= 0.6 is 0 Å². The first-order valence-corrected chi connectivity index (χ1v) is 9.16. The van der Waals surface area contributed by atoms with E-state index in [-0.39, 0.29) is 0 Å². The third-order valence-corrected chi connectivity index (χ3v) is 4.15. The van der Waals surface area contributed by atoms with Crippen molar-refractivity contribution in [3.63, 3.8) is 0 Å². The zero-order valence-electron chi connectivity index (χ0n) is 14.7. The molecule has 0 heterocycles. The van der Waals surface area contributed by atoms with Gasteiger partial charge in [-0.2, -0.15) is 0 Å². The van der Waals surface area contributed by atoms with Gasteiger partial charge in [-0.05, 0) is 18.9 Å². The summed E-state index contributed by atoms with van der Waals surface area (Å²) in [6.07, 6.45) is 15.5. The summed E-state index contributed by atoms with van der Waals surface area (Å²) in [6, 6.07) is -1.53. The molecule has 0 fully saturated rings. The van der Waals surface area contributed by atoms with Gasteiger partial charge in [-0.1, -0.05) is 77.2 Å². The minimum Gasteiger partial charge on any atom is -0.367 e. The quantitative estimate of drug-likeness (QED) is 0.180. The number of rotatable bonds is 15. The van der Waals surface area contributed by atoms with E-state index in [9.17, 15) is 10.2 Å². The Morgan fingerprint density at radius 3 is 1.70 bits per heavy atom. The molecule has 0 spiro atoms. The third kappa shape index (κ3) is 12.6. The molecule has 0 aliphatic heterocycles. The van der Waals surface area contributed by atoms with E-state index >= 15 is 0 Å². The molecule has 0 unspecified atom stereocenters. The molecule has 0 aromatic rings. The highest BCUT2D eigenvalue weighted by molar-refractivity contribution is 5.00. The summed E-state index contributed by atoms with van der Waals surface area (Å²) in [4.78, 5) is 0. The number of aliphatic hydroxyl groups excluding tert-OH is 1. The van der Waals surface area contributed by atoms with E-state index in [0.717, 1.165) is 25.3 Å². The first-order valence-electron chi connectivity index (χ1n) is 9.16. The van der Waals surface area contributed by atoms with Gasteiger partial charge in [0.1, 0.15) is 6.04 Å². The molecule has 0 aromatic heterocycles. The normalized spacial score (nSPS) is 14.0. The van der Waals surface area contributed by atoms with Crippen LogP contribution in [0.4, 0.5) is 0 Å². The summed E-state index contributed by atoms with van der Waals surface area (Å²) in [5.74, 6) is -2.38. The Labute approximate surface area is 141 Å². The largest absolute Gasteiger partial charge is 0.367 e. The summed E-state index contributed by atoms with van der Waals surface area (Å²) in [5.41, 5.74) is 5.29. The molecule has 0 rings (SSSR count). The Bertz CT molecular complexity index is 293. The van der Waals surface area contributed by atoms with Crippen LogP contribution in [-0.4, -0.2) is 38.5 Å². The van der Waals surface area contributed by atoms with Crippen LogP contribution in [0.25, 0.3) is 0 Å². The van der Waals surface area contributed by atoms with Crippen molar-refractivity contribution in [2.75, 3.05) is 0 Å². The molecule has 0 aliphatic rings. The molecule has 0 bridgehead atoms. The van der Waals surface area contributed by atoms with Crippen LogP contribution in [0.3, 0.4) is 0 Å². The zero-order chi connectivity index (χ0) is 17.6. The lowest BCUT2D eigenvalue weighted by Crippen LogP contribution is -2.53. The van der Waals surface area contributed by atoms with Crippen molar-refractivity contribution in [2.24, 2.45) is 5.73 Å². The molecule has 6 N–H and O–H groups in total. The lowest BCUT2D eigenvalue weighted by Gasteiger charge is -2.26. The van der Waals surface area contributed by atoms with Gasteiger partial charge in [0.2, 0.25) is 5.79 Å². The van der Waals surface area contributed by atoms with E-state index in [0.29, 0.717) is 0 Å². The maximum Gasteiger partial charge on any atom is 0.203 e. The first-order chi connectivity index (χ1) is 10.9. The van der Waals surface area contributed by atoms with Gasteiger partial charge in [0.15, 0.2) is 6.29 Å². The zero-order valence-corrected chi connectivity index (χ0v) is 14.7. The van der Waals surface area contributed by atoms with Crippen LogP contribution in [0.5, 0.6) is 0 Å². The minimum absolute atomic E-state index is 0.730. The Balaban J connectivity index is 3.47. The molecular weight excluding hydrogens is 294 g/mol. The Morgan fingerprint density at radius 2 is 1.26 bits per heavy atom. The summed E-state index contributed by atoms with van der Waals surface area (Å²) >= 11 is 0. The number of nitrogens with two attached hydrogens (primary N) is 1. The predicted octanol–water partition coefficient (Wildman–Crippen LogP) is 2.56. The van der Waals surface area contributed by atoms with Gasteiger partial charge in [0.05, 0.1) is 0 Å². The molecule has 1 atom stereocenters. The van der Waals surface area contributed by atoms with E-state index in [1.54, 1.807) is 6.08 Å². The van der Waals surface area contributed by atoms with Crippen LogP contribution in [0, 0.1) is 0 Å². The average Bonchev–Trinajstić information content (AvgIpc) is 2.50. The smallest absolute Gasteiger partial charge is 0.203 e. The highest BCUT2D eigenvalue weighted by atomic mass is 16.5. The van der Waals surface area contributed by atoms with Crippen molar-refractivity contribution in [1.29, 1.82) is 0 Å². The summed E-state index contributed by atoms with van der Waals surface area (Å²) in [5, 5.41) is 36.8. The lowest BCUT2D eigenvalue weighted by molar-refractivity contribution is -0.192. The van der Waals surface area contributed by atoms with Crippen molar-refractivity contribution in [2.45, 2.75) is 102 Å². The lowest BCUT2D eigenvalue weighted by atomic mass is 10.0. The highest BCUT2D eigenvalue weighted by Crippen LogP contribution is 2.13. The Morgan fingerprint density at radius 1 is 0.826 bits per heavy atom. The van der Waals surface area contributed by atoms with Crippen molar-refractivity contribution in [3.05, 3.63) is 12.2 Å². The molecule has 5 nitrogen and oxygen atoms in total. The third-order valence-electron chi connectivity index (χ3n) is 4.15. The fourth-order valence-corrected chi connectivity index (χ4v) is 2.51. The second-order valence-corrected chi connectivity index (χ2v) is 6.45. The van der Waals surface area contributed by atoms with Gasteiger partial charge in [0.25, 0.3) is 0 Å². The number of unbranched alkanes of at least 4 members (excludes halogenated alkanes) is 11. The van der Waals surface area contributed by atoms with Gasteiger partial charge >= 0.3 is 0 Å². The number of hydrogen-bond acceptors (Lipinski definition) is 5. The summed E-state index contributed by atoms with van der Waals surface area (Å²) in [6.45, 7) is 2.24. The summed E-state index contributed by atoms with van der Waals surface area (Å²) in [7, 11) is 0. The average molecular weight is 331 g/mol. The Hall–Kier alpha value is -0.460. The molecule has 5 heteroatoms. The van der Waals surface area contributed by atoms with Crippen molar-refractivity contribution in [1.82, 2.24) is 0 Å². The van der Waals surface area contributed by atoms with E-state index in [2.05, 4.69) is 6.92 Å². The van der Waals surface area contributed by atoms with E-state index in [1.807, 2.05) is 0 Å². The van der Waals surface area contributed by atoms with E-state index in [4.69, 9.17) is 15.9 Å². The maximum atomic E-state index is 9.55. The standard InChI is InChI=1S/C18H37NO4/c1-2-3-4-5-6-7-8-9-10-11-12-13-14-15-18(22,23)16(19)17(20)21/h14-17,20-23H,2-13,19H2,1H3/b15-14+/t16-/m0/s1. The molecular formula is C18H37NO4. The monoisotopic (exact) mass is 331 g/mol. The molecule has 0 saturated heterocycles. The van der Waals surface area contributed by atoms with Crippen LogP contribution in [0.2, 0.25) is 0 Å². The van der Waals surface area contributed by atoms with Crippen LogP contribution < -0.4 is 5.73 Å². The highest BCUT2D eigenvalue weighted by Gasteiger charge is 2.33. The SMILES string of the molecule is CCCCCCCCCCCCC/C=C/C(O)(O)[C@@H](N)C(O)O. The van der Waals surface area contributed by atoms with Gasteiger partial charge in [0, 0.05) is 0 Å². The van der Waals surface area contributed by atoms with Crippen LogP contribution in [0.15, 0.2) is 12.2 Å². The molecule has 0 aromatic carbocycles. The number of hydrogen-bond donors (Lipinski definition) is 5. The second kappa shape index (κ2) is 13.9. The van der Waals surface area contributed by atoms with Crippen LogP contribution in [-0.2, 0) is 0 Å². The molecule has 138 valence electrons.